The van der Waals surface area contributed by atoms with Crippen LogP contribution in [0.5, 0.6) is 17.2 Å². The fourth-order valence-corrected chi connectivity index (χ4v) is 8.86. The average Bonchev–Trinajstić information content (AvgIpc) is 2.90. The van der Waals surface area contributed by atoms with E-state index in [2.05, 4.69) is 72.1 Å². The van der Waals surface area contributed by atoms with Crippen LogP contribution in [0, 0.1) is 0 Å². The lowest BCUT2D eigenvalue weighted by Crippen LogP contribution is -2.31. The number of hydrogen-bond donors (Lipinski definition) is 1. The van der Waals surface area contributed by atoms with Crippen LogP contribution in [0.3, 0.4) is 0 Å². The van der Waals surface area contributed by atoms with Crippen molar-refractivity contribution in [2.75, 3.05) is 54.5 Å². The van der Waals surface area contributed by atoms with Crippen LogP contribution >= 0.6 is 42.7 Å². The highest BCUT2D eigenvalue weighted by atomic mass is 35.5. The van der Waals surface area contributed by atoms with Gasteiger partial charge < -0.3 is 24.4 Å². The van der Waals surface area contributed by atoms with Crippen molar-refractivity contribution >= 4 is 58.6 Å². The maximum Gasteiger partial charge on any atom is 0.131 e. The van der Waals surface area contributed by atoms with Crippen LogP contribution in [0.1, 0.15) is 79.0 Å². The molecular weight excluding hydrogens is 670 g/mol. The third-order valence-electron chi connectivity index (χ3n) is 7.84. The Morgan fingerprint density at radius 1 is 0.553 bits per heavy atom. The quantitative estimate of drug-likeness (QED) is 0.200. The van der Waals surface area contributed by atoms with E-state index in [0.29, 0.717) is 33.6 Å². The summed E-state index contributed by atoms with van der Waals surface area (Å²) in [5.41, 5.74) is 1.76. The summed E-state index contributed by atoms with van der Waals surface area (Å²) in [5, 5.41) is 16.4. The summed E-state index contributed by atoms with van der Waals surface area (Å²) in [6, 6.07) is 11.7. The van der Waals surface area contributed by atoms with Gasteiger partial charge in [0.25, 0.3) is 0 Å². The number of hydrogen-bond acceptors (Lipinski definition) is 5. The van der Waals surface area contributed by atoms with E-state index >= 15 is 0 Å². The standard InChI is InChI=1S/C38H54Cl3N2O3P/c1-36(2,3)27-18-24(39)21-30(33(27)44)47(31-22-25(40)19-28(37(4,5)6)34(31)45-16-14-42(10)11)32-23-26(41)20-29(38(7,8)9)35(32)46-17-15-43(12)13/h18-23,44H,14-17H2,1-13H3. The van der Waals surface area contributed by atoms with Gasteiger partial charge >= 0.3 is 0 Å². The molecule has 3 aromatic carbocycles. The van der Waals surface area contributed by atoms with Crippen molar-refractivity contribution in [2.24, 2.45) is 0 Å². The molecule has 0 aliphatic rings. The number of phenols is 1. The third kappa shape index (κ3) is 10.2. The lowest BCUT2D eigenvalue weighted by Gasteiger charge is -2.33. The van der Waals surface area contributed by atoms with E-state index in [9.17, 15) is 5.11 Å². The zero-order valence-corrected chi connectivity index (χ0v) is 33.7. The molecule has 0 spiro atoms. The molecule has 0 heterocycles. The molecule has 0 aliphatic heterocycles. The molecule has 0 bridgehead atoms. The van der Waals surface area contributed by atoms with Crippen LogP contribution < -0.4 is 25.4 Å². The average molecular weight is 724 g/mol. The summed E-state index contributed by atoms with van der Waals surface area (Å²) >= 11 is 20.9. The lowest BCUT2D eigenvalue weighted by molar-refractivity contribution is 0.258. The van der Waals surface area contributed by atoms with Gasteiger partial charge in [0.15, 0.2) is 0 Å². The Morgan fingerprint density at radius 2 is 0.872 bits per heavy atom. The largest absolute Gasteiger partial charge is 0.507 e. The van der Waals surface area contributed by atoms with Gasteiger partial charge in [0, 0.05) is 60.8 Å². The number of ether oxygens (including phenoxy) is 2. The van der Waals surface area contributed by atoms with Crippen LogP contribution in [0.15, 0.2) is 36.4 Å². The summed E-state index contributed by atoms with van der Waals surface area (Å²) in [6.07, 6.45) is 0. The number of benzene rings is 3. The van der Waals surface area contributed by atoms with Crippen LogP contribution in [-0.4, -0.2) is 69.4 Å². The first-order valence-corrected chi connectivity index (χ1v) is 18.6. The number of nitrogens with zero attached hydrogens (tertiary/aromatic N) is 2. The molecule has 260 valence electrons. The molecule has 0 fully saturated rings. The predicted octanol–water partition coefficient (Wildman–Crippen LogP) is 8.88. The molecule has 0 amide bonds. The van der Waals surface area contributed by atoms with Gasteiger partial charge in [0.1, 0.15) is 30.5 Å². The van der Waals surface area contributed by atoms with Crippen molar-refractivity contribution in [1.82, 2.24) is 9.80 Å². The molecule has 3 aromatic rings. The van der Waals surface area contributed by atoms with Crippen molar-refractivity contribution in [3.05, 3.63) is 68.2 Å². The summed E-state index contributed by atoms with van der Waals surface area (Å²) in [5.74, 6) is 1.70. The Kier molecular flexibility index (Phi) is 13.1. The first-order chi connectivity index (χ1) is 21.5. The second-order valence-corrected chi connectivity index (χ2v) is 19.2. The Hall–Kier alpha value is -1.72. The van der Waals surface area contributed by atoms with E-state index in [1.807, 2.05) is 64.6 Å². The van der Waals surface area contributed by atoms with Crippen molar-refractivity contribution in [2.45, 2.75) is 78.6 Å². The van der Waals surface area contributed by atoms with Crippen LogP contribution in [0.4, 0.5) is 0 Å². The van der Waals surface area contributed by atoms with Gasteiger partial charge in [-0.15, -0.1) is 0 Å². The summed E-state index contributed by atoms with van der Waals surface area (Å²) < 4.78 is 13.5. The summed E-state index contributed by atoms with van der Waals surface area (Å²) in [4.78, 5) is 4.19. The molecule has 47 heavy (non-hydrogen) atoms. The molecule has 5 nitrogen and oxygen atoms in total. The summed E-state index contributed by atoms with van der Waals surface area (Å²) in [6.45, 7) is 21.6. The second-order valence-electron chi connectivity index (χ2n) is 15.8. The Bertz CT molecular complexity index is 1470. The predicted molar refractivity (Wildman–Crippen MR) is 206 cm³/mol. The van der Waals surface area contributed by atoms with Gasteiger partial charge in [-0.25, -0.2) is 0 Å². The van der Waals surface area contributed by atoms with Gasteiger partial charge in [-0.2, -0.15) is 0 Å². The highest BCUT2D eigenvalue weighted by molar-refractivity contribution is 7.80. The zero-order valence-electron chi connectivity index (χ0n) is 30.5. The molecule has 3 rings (SSSR count). The van der Waals surface area contributed by atoms with Gasteiger partial charge in [0.05, 0.1) is 0 Å². The van der Waals surface area contributed by atoms with E-state index in [1.54, 1.807) is 0 Å². The van der Waals surface area contributed by atoms with Crippen LogP contribution in [-0.2, 0) is 16.2 Å². The van der Waals surface area contributed by atoms with Gasteiger partial charge in [-0.3, -0.25) is 0 Å². The first kappa shape index (κ1) is 39.7. The molecule has 9 heteroatoms. The monoisotopic (exact) mass is 722 g/mol. The first-order valence-electron chi connectivity index (χ1n) is 16.1. The molecule has 0 atom stereocenters. The molecule has 0 radical (unpaired) electrons. The SMILES string of the molecule is CN(C)CCOc1c(P(c2cc(Cl)cc(C(C)(C)C)c2O)c2cc(Cl)cc(C(C)(C)C)c2OCCN(C)C)cc(Cl)cc1C(C)(C)C. The van der Waals surface area contributed by atoms with Crippen LogP contribution in [0.25, 0.3) is 0 Å². The maximum absolute atomic E-state index is 12.2. The fraction of sp³-hybridized carbons (Fsp3) is 0.526. The lowest BCUT2D eigenvalue weighted by atomic mass is 9.86. The van der Waals surface area contributed by atoms with E-state index in [1.165, 1.54) is 0 Å². The van der Waals surface area contributed by atoms with E-state index in [-0.39, 0.29) is 22.0 Å². The molecule has 0 unspecified atom stereocenters. The van der Waals surface area contributed by atoms with E-state index in [4.69, 9.17) is 44.3 Å². The Morgan fingerprint density at radius 3 is 1.19 bits per heavy atom. The van der Waals surface area contributed by atoms with Crippen molar-refractivity contribution in [1.29, 1.82) is 0 Å². The highest BCUT2D eigenvalue weighted by Gasteiger charge is 2.35. The molecule has 1 N–H and O–H groups in total. The summed E-state index contributed by atoms with van der Waals surface area (Å²) in [7, 11) is 6.52. The molecule has 0 saturated carbocycles. The highest BCUT2D eigenvalue weighted by Crippen LogP contribution is 2.49. The molecule has 0 saturated heterocycles. The minimum absolute atomic E-state index is 0.195. The van der Waals surface area contributed by atoms with Gasteiger partial charge in [0.2, 0.25) is 0 Å². The maximum atomic E-state index is 12.2. The number of likely N-dealkylation sites (N-methyl/N-ethyl adjacent to an activating group) is 2. The molecular formula is C38H54Cl3N2O3P. The molecule has 0 aromatic heterocycles. The Labute approximate surface area is 300 Å². The number of rotatable bonds is 11. The smallest absolute Gasteiger partial charge is 0.131 e. The van der Waals surface area contributed by atoms with Gasteiger partial charge in [-0.1, -0.05) is 97.1 Å². The Balaban J connectivity index is 2.61. The fourth-order valence-electron chi connectivity index (χ4n) is 5.29. The minimum atomic E-state index is -1.59. The second kappa shape index (κ2) is 15.4. The number of phenolic OH excluding ortho intramolecular Hbond substituents is 1. The normalized spacial score (nSPS) is 12.8. The topological polar surface area (TPSA) is 45.2 Å². The van der Waals surface area contributed by atoms with E-state index in [0.717, 1.165) is 51.9 Å². The number of aromatic hydroxyl groups is 1. The van der Waals surface area contributed by atoms with Crippen molar-refractivity contribution < 1.29 is 14.6 Å². The van der Waals surface area contributed by atoms with Gasteiger partial charge in [-0.05, 0) is 88.8 Å². The van der Waals surface area contributed by atoms with Crippen molar-refractivity contribution in [3.63, 3.8) is 0 Å². The third-order valence-corrected chi connectivity index (χ3v) is 10.9. The molecule has 0 aliphatic carbocycles. The zero-order chi connectivity index (χ0) is 35.6. The minimum Gasteiger partial charge on any atom is -0.507 e. The van der Waals surface area contributed by atoms with Crippen molar-refractivity contribution in [3.8, 4) is 17.2 Å². The van der Waals surface area contributed by atoms with Crippen LogP contribution in [0.2, 0.25) is 15.1 Å². The van der Waals surface area contributed by atoms with E-state index < -0.39 is 7.92 Å². The number of halogens is 3.